The summed E-state index contributed by atoms with van der Waals surface area (Å²) < 4.78 is 49.7. The molecule has 0 atom stereocenters. The Kier molecular flexibility index (Phi) is 5.57. The molecule has 0 aliphatic carbocycles. The van der Waals surface area contributed by atoms with Gasteiger partial charge < -0.3 is 9.47 Å². The van der Waals surface area contributed by atoms with E-state index in [1.807, 2.05) is 12.1 Å². The molecule has 0 amide bonds. The summed E-state index contributed by atoms with van der Waals surface area (Å²) in [5.41, 5.74) is 1.78. The molecule has 6 nitrogen and oxygen atoms in total. The number of benzene rings is 2. The monoisotopic (exact) mass is 427 g/mol. The number of nitrogens with zero attached hydrogens (tertiary/aromatic N) is 3. The topological polar surface area (TPSA) is 66.2 Å². The first kappa shape index (κ1) is 20.4. The minimum Gasteiger partial charge on any atom is -0.483 e. The lowest BCUT2D eigenvalue weighted by molar-refractivity contribution is -0.153. The van der Waals surface area contributed by atoms with Crippen molar-refractivity contribution in [3.63, 3.8) is 0 Å². The lowest BCUT2D eigenvalue weighted by Crippen LogP contribution is -2.19. The van der Waals surface area contributed by atoms with Crippen molar-refractivity contribution < 1.29 is 27.4 Å². The Morgan fingerprint density at radius 1 is 1.03 bits per heavy atom. The largest absolute Gasteiger partial charge is 0.483 e. The van der Waals surface area contributed by atoms with Crippen LogP contribution in [0.3, 0.4) is 0 Å². The fourth-order valence-electron chi connectivity index (χ4n) is 2.92. The number of fused-ring (bicyclic) bond motifs is 1. The van der Waals surface area contributed by atoms with Crippen LogP contribution in [0.5, 0.6) is 5.75 Å². The van der Waals surface area contributed by atoms with Crippen molar-refractivity contribution in [1.82, 2.24) is 14.8 Å². The van der Waals surface area contributed by atoms with Crippen LogP contribution in [0.25, 0.3) is 16.6 Å². The van der Waals surface area contributed by atoms with Crippen LogP contribution < -0.4 is 4.74 Å². The number of carbonyl (C=O) groups is 1. The number of para-hydroxylation sites is 1. The Labute approximate surface area is 174 Å². The number of hydrogen-bond acceptors (Lipinski definition) is 5. The summed E-state index contributed by atoms with van der Waals surface area (Å²) >= 11 is 0. The van der Waals surface area contributed by atoms with Crippen molar-refractivity contribution in [1.29, 1.82) is 0 Å². The molecule has 4 aromatic rings. The van der Waals surface area contributed by atoms with Gasteiger partial charge in [0.05, 0.1) is 11.2 Å². The lowest BCUT2D eigenvalue weighted by Gasteiger charge is -2.13. The van der Waals surface area contributed by atoms with Crippen LogP contribution >= 0.6 is 0 Å². The third-order valence-electron chi connectivity index (χ3n) is 4.35. The highest BCUT2D eigenvalue weighted by Gasteiger charge is 2.29. The van der Waals surface area contributed by atoms with E-state index in [2.05, 4.69) is 10.1 Å². The zero-order valence-electron chi connectivity index (χ0n) is 16.0. The van der Waals surface area contributed by atoms with Gasteiger partial charge in [0.2, 0.25) is 0 Å². The molecule has 0 saturated carbocycles. The molecular formula is C22H16F3N3O3. The first-order valence-corrected chi connectivity index (χ1v) is 9.24. The van der Waals surface area contributed by atoms with Gasteiger partial charge in [-0.15, -0.1) is 0 Å². The van der Waals surface area contributed by atoms with E-state index in [1.54, 1.807) is 59.5 Å². The first-order valence-electron chi connectivity index (χ1n) is 9.24. The van der Waals surface area contributed by atoms with Crippen molar-refractivity contribution in [3.8, 4) is 11.4 Å². The quantitative estimate of drug-likeness (QED) is 0.417. The number of esters is 1. The Bertz CT molecular complexity index is 1190. The van der Waals surface area contributed by atoms with Gasteiger partial charge in [0.15, 0.2) is 12.3 Å². The zero-order chi connectivity index (χ0) is 21.8. The predicted octanol–water partition coefficient (Wildman–Crippen LogP) is 4.72. The Morgan fingerprint density at radius 3 is 2.52 bits per heavy atom. The lowest BCUT2D eigenvalue weighted by atomic mass is 10.2. The van der Waals surface area contributed by atoms with Crippen LogP contribution in [-0.4, -0.2) is 33.5 Å². The van der Waals surface area contributed by atoms with Crippen LogP contribution in [0.2, 0.25) is 0 Å². The Hall–Kier alpha value is -3.88. The normalized spacial score (nSPS) is 11.5. The van der Waals surface area contributed by atoms with Gasteiger partial charge in [-0.1, -0.05) is 24.3 Å². The molecule has 0 bridgehead atoms. The molecule has 2 aromatic heterocycles. The zero-order valence-corrected chi connectivity index (χ0v) is 16.0. The molecule has 2 heterocycles. The molecule has 158 valence electrons. The number of halogens is 3. The van der Waals surface area contributed by atoms with Crippen molar-refractivity contribution in [2.45, 2.75) is 12.8 Å². The van der Waals surface area contributed by atoms with E-state index in [0.29, 0.717) is 10.9 Å². The average molecular weight is 427 g/mol. The van der Waals surface area contributed by atoms with E-state index in [0.717, 1.165) is 17.3 Å². The summed E-state index contributed by atoms with van der Waals surface area (Å²) in [6.07, 6.45) is -1.04. The minimum atomic E-state index is -4.51. The van der Waals surface area contributed by atoms with Crippen LogP contribution in [0.4, 0.5) is 13.2 Å². The van der Waals surface area contributed by atoms with Gasteiger partial charge in [-0.3, -0.25) is 0 Å². The van der Waals surface area contributed by atoms with Crippen molar-refractivity contribution in [2.75, 3.05) is 6.61 Å². The van der Waals surface area contributed by atoms with E-state index >= 15 is 0 Å². The van der Waals surface area contributed by atoms with E-state index in [9.17, 15) is 18.0 Å². The fraction of sp³-hybridized carbons (Fsp3) is 0.136. The van der Waals surface area contributed by atoms with Gasteiger partial charge in [0, 0.05) is 23.8 Å². The van der Waals surface area contributed by atoms with Crippen molar-refractivity contribution in [2.24, 2.45) is 0 Å². The van der Waals surface area contributed by atoms with Crippen molar-refractivity contribution >= 4 is 16.9 Å². The molecule has 31 heavy (non-hydrogen) atoms. The third kappa shape index (κ3) is 5.00. The molecule has 9 heteroatoms. The maximum absolute atomic E-state index is 12.6. The molecule has 0 aliphatic heterocycles. The average Bonchev–Trinajstić information content (AvgIpc) is 3.30. The second-order valence-electron chi connectivity index (χ2n) is 6.62. The summed E-state index contributed by atoms with van der Waals surface area (Å²) in [5, 5.41) is 4.51. The SMILES string of the molecule is O=C(OCc1ccc(-n2cccn2)cc1)c1cc(OCC(F)(F)F)c2ccccc2n1. The molecule has 0 saturated heterocycles. The van der Waals surface area contributed by atoms with Gasteiger partial charge in [0.1, 0.15) is 12.4 Å². The van der Waals surface area contributed by atoms with Crippen molar-refractivity contribution in [3.05, 3.63) is 84.3 Å². The Morgan fingerprint density at radius 2 is 1.81 bits per heavy atom. The Balaban J connectivity index is 1.49. The summed E-state index contributed by atoms with van der Waals surface area (Å²) in [4.78, 5) is 16.7. The number of pyridine rings is 1. The second-order valence-corrected chi connectivity index (χ2v) is 6.62. The molecule has 0 N–H and O–H groups in total. The summed E-state index contributed by atoms with van der Waals surface area (Å²) in [7, 11) is 0. The van der Waals surface area contributed by atoms with Crippen LogP contribution in [0.15, 0.2) is 73.1 Å². The van der Waals surface area contributed by atoms with Gasteiger partial charge in [-0.25, -0.2) is 14.5 Å². The third-order valence-corrected chi connectivity index (χ3v) is 4.35. The van der Waals surface area contributed by atoms with Gasteiger partial charge in [-0.05, 0) is 35.9 Å². The van der Waals surface area contributed by atoms with Crippen LogP contribution in [0.1, 0.15) is 16.1 Å². The number of alkyl halides is 3. The number of ether oxygens (including phenoxy) is 2. The van der Waals surface area contributed by atoms with Gasteiger partial charge in [-0.2, -0.15) is 18.3 Å². The molecule has 2 aromatic carbocycles. The first-order chi connectivity index (χ1) is 14.9. The molecule has 0 aliphatic rings. The van der Waals surface area contributed by atoms with E-state index in [-0.39, 0.29) is 18.1 Å². The standard InChI is InChI=1S/C22H16F3N3O3/c23-22(24,25)14-31-20-12-19(27-18-5-2-1-4-17(18)20)21(29)30-13-15-6-8-16(9-7-15)28-11-3-10-26-28/h1-12H,13-14H2. The van der Waals surface area contributed by atoms with Gasteiger partial charge >= 0.3 is 12.1 Å². The number of rotatable bonds is 6. The number of carbonyl (C=O) groups excluding carboxylic acids is 1. The number of hydrogen-bond donors (Lipinski definition) is 0. The molecule has 0 fully saturated rings. The van der Waals surface area contributed by atoms with E-state index in [4.69, 9.17) is 9.47 Å². The highest BCUT2D eigenvalue weighted by molar-refractivity contribution is 5.94. The van der Waals surface area contributed by atoms with Crippen LogP contribution in [-0.2, 0) is 11.3 Å². The fourth-order valence-corrected chi connectivity index (χ4v) is 2.92. The second kappa shape index (κ2) is 8.47. The maximum Gasteiger partial charge on any atom is 0.422 e. The highest BCUT2D eigenvalue weighted by Crippen LogP contribution is 2.28. The summed E-state index contributed by atoms with van der Waals surface area (Å²) in [5.74, 6) is -0.850. The number of aromatic nitrogens is 3. The van der Waals surface area contributed by atoms with Gasteiger partial charge in [0.25, 0.3) is 0 Å². The molecule has 0 radical (unpaired) electrons. The van der Waals surface area contributed by atoms with E-state index in [1.165, 1.54) is 0 Å². The summed E-state index contributed by atoms with van der Waals surface area (Å²) in [6.45, 7) is -1.50. The molecule has 0 unspecified atom stereocenters. The molecule has 0 spiro atoms. The maximum atomic E-state index is 12.6. The van der Waals surface area contributed by atoms with E-state index < -0.39 is 18.8 Å². The van der Waals surface area contributed by atoms with Crippen LogP contribution in [0, 0.1) is 0 Å². The minimum absolute atomic E-state index is 0.0224. The highest BCUT2D eigenvalue weighted by atomic mass is 19.4. The summed E-state index contributed by atoms with van der Waals surface area (Å²) in [6, 6.07) is 16.7. The molecular weight excluding hydrogens is 411 g/mol. The predicted molar refractivity (Wildman–Crippen MR) is 106 cm³/mol. The smallest absolute Gasteiger partial charge is 0.422 e. The molecule has 4 rings (SSSR count).